The maximum Gasteiger partial charge on any atom is 0.246 e. The molecule has 0 saturated heterocycles. The van der Waals surface area contributed by atoms with Crippen LogP contribution in [0.1, 0.15) is 87.5 Å². The van der Waals surface area contributed by atoms with Gasteiger partial charge in [-0.2, -0.15) is 0 Å². The number of hydrogen-bond donors (Lipinski definition) is 8. The third kappa shape index (κ3) is 40.8. The van der Waals surface area contributed by atoms with Gasteiger partial charge < -0.3 is 71.8 Å². The normalized spacial score (nSPS) is 12.1. The Balaban J connectivity index is -0.000000352. The smallest absolute Gasteiger partial charge is 0.246 e. The Bertz CT molecular complexity index is 1180. The van der Waals surface area contributed by atoms with Crippen molar-refractivity contribution in [3.05, 3.63) is 0 Å². The lowest BCUT2D eigenvalue weighted by atomic mass is 9.99. The van der Waals surface area contributed by atoms with E-state index in [9.17, 15) is 33.6 Å². The summed E-state index contributed by atoms with van der Waals surface area (Å²) in [6.07, 6.45) is 6.18. The Hall–Kier alpha value is -3.99. The SMILES string of the molecule is CCC(=O)NCCOCCOCC(=O)NCCCCC(NC)C(N)=O.CCC(=O)NCCOCCOCC(=O)NCCOCCOCC(=O)NCCCC[C@H](CC)C(N)=O.[2H][2H].[2H][2H].[2H][2H]. The molecule has 0 heterocycles. The van der Waals surface area contributed by atoms with Gasteiger partial charge in [0.2, 0.25) is 41.4 Å². The Morgan fingerprint density at radius 3 is 1.15 bits per heavy atom. The van der Waals surface area contributed by atoms with E-state index in [1.54, 1.807) is 20.9 Å². The van der Waals surface area contributed by atoms with E-state index in [4.69, 9.17) is 48.8 Å². The average molecular weight is 877 g/mol. The largest absolute Gasteiger partial charge is 0.377 e. The third-order valence-electron chi connectivity index (χ3n) is 8.29. The molecule has 0 aromatic rings. The molecular weight excluding hydrogens is 788 g/mol. The molecule has 0 bridgehead atoms. The van der Waals surface area contributed by atoms with Crippen LogP contribution in [0.25, 0.3) is 0 Å². The summed E-state index contributed by atoms with van der Waals surface area (Å²) in [5, 5.41) is 16.4. The molecule has 0 aliphatic heterocycles. The molecule has 60 heavy (non-hydrogen) atoms. The van der Waals surface area contributed by atoms with Gasteiger partial charge in [-0.1, -0.05) is 27.2 Å². The van der Waals surface area contributed by atoms with Crippen molar-refractivity contribution in [3.63, 3.8) is 0 Å². The van der Waals surface area contributed by atoms with Gasteiger partial charge in [0.05, 0.1) is 65.5 Å². The summed E-state index contributed by atoms with van der Waals surface area (Å²) < 4.78 is 61.5. The highest BCUT2D eigenvalue weighted by molar-refractivity contribution is 5.80. The number of likely N-dealkylation sites (N-methyl/N-ethyl adjacent to an activating group) is 1. The molecule has 0 spiro atoms. The number of primary amides is 2. The van der Waals surface area contributed by atoms with Crippen LogP contribution in [0.15, 0.2) is 0 Å². The first-order chi connectivity index (χ1) is 31.9. The van der Waals surface area contributed by atoms with E-state index in [-0.39, 0.29) is 86.3 Å². The van der Waals surface area contributed by atoms with Gasteiger partial charge >= 0.3 is 0 Å². The molecule has 0 aliphatic carbocycles. The van der Waals surface area contributed by atoms with Crippen LogP contribution in [0.5, 0.6) is 0 Å². The maximum atomic E-state index is 11.7. The number of ether oxygens (including phenoxy) is 6. The lowest BCUT2D eigenvalue weighted by Gasteiger charge is -2.11. The molecule has 0 fully saturated rings. The highest BCUT2D eigenvalue weighted by Gasteiger charge is 2.13. The number of nitrogens with one attached hydrogen (secondary N) is 6. The second-order valence-electron chi connectivity index (χ2n) is 13.2. The topological polar surface area (TPSA) is 299 Å². The van der Waals surface area contributed by atoms with Crippen molar-refractivity contribution < 1.29 is 70.9 Å². The molecule has 21 heteroatoms. The van der Waals surface area contributed by atoms with Crippen LogP contribution < -0.4 is 43.4 Å². The van der Waals surface area contributed by atoms with Crippen molar-refractivity contribution in [3.8, 4) is 0 Å². The van der Waals surface area contributed by atoms with Crippen LogP contribution in [0.4, 0.5) is 0 Å². The standard InChI is InChI=1S/C23H44N4O8.C16H32N4O5.3H2/c1-3-19(23(24)31)7-5-6-8-25-21(29)17-34-15-14-33-12-10-27-22(30)18-35-16-13-32-11-9-26-20(28)4-2;1-3-14(21)20-8-9-24-10-11-25-12-15(22)19-7-5-4-6-13(18-2)16(17)23;;;/h19H,3-18H2,1-2H3,(H2,24,31)(H,25,29)(H,26,28)(H,27,30);13,18H,3-12H2,1-2H3,(H2,17,23)(H,19,22)(H,20,21);3*1H/t19-;;;;/m0..../s1/i;;3*1+1D. The van der Waals surface area contributed by atoms with Crippen LogP contribution >= 0.6 is 0 Å². The zero-order valence-electron chi connectivity index (χ0n) is 42.5. The van der Waals surface area contributed by atoms with Gasteiger partial charge in [0, 0.05) is 60.4 Å². The summed E-state index contributed by atoms with van der Waals surface area (Å²) in [6, 6.07) is -0.325. The van der Waals surface area contributed by atoms with Gasteiger partial charge in [0.1, 0.15) is 19.8 Å². The van der Waals surface area contributed by atoms with E-state index in [1.165, 1.54) is 0 Å². The van der Waals surface area contributed by atoms with E-state index in [2.05, 4.69) is 31.9 Å². The van der Waals surface area contributed by atoms with Crippen LogP contribution in [-0.2, 0) is 62.0 Å². The first-order valence-corrected chi connectivity index (χ1v) is 21.0. The number of rotatable bonds is 40. The highest BCUT2D eigenvalue weighted by Crippen LogP contribution is 2.11. The van der Waals surface area contributed by atoms with Crippen LogP contribution in [-0.4, -0.2) is 166 Å². The van der Waals surface area contributed by atoms with Gasteiger partial charge in [0.25, 0.3) is 0 Å². The van der Waals surface area contributed by atoms with E-state index in [1.807, 2.05) is 6.92 Å². The summed E-state index contributed by atoms with van der Waals surface area (Å²) in [4.78, 5) is 79.0. The minimum Gasteiger partial charge on any atom is -0.377 e. The molecule has 0 aromatic carbocycles. The third-order valence-corrected chi connectivity index (χ3v) is 8.29. The minimum atomic E-state index is -0.366. The predicted molar refractivity (Wildman–Crippen MR) is 230 cm³/mol. The van der Waals surface area contributed by atoms with Crippen molar-refractivity contribution in [1.29, 1.82) is 0 Å². The lowest BCUT2D eigenvalue weighted by molar-refractivity contribution is -0.127. The lowest BCUT2D eigenvalue weighted by Crippen LogP contribution is -2.39. The summed E-state index contributed by atoms with van der Waals surface area (Å²) >= 11 is 0. The zero-order valence-corrected chi connectivity index (χ0v) is 36.5. The molecular formula is C39H82N8O13. The fraction of sp³-hybridized carbons (Fsp3) is 0.821. The molecule has 0 radical (unpaired) electrons. The number of carbonyl (C=O) groups excluding carboxylic acids is 7. The summed E-state index contributed by atoms with van der Waals surface area (Å²) in [5.74, 6) is -1.40. The van der Waals surface area contributed by atoms with E-state index in [0.717, 1.165) is 38.5 Å². The molecule has 10 N–H and O–H groups in total. The quantitative estimate of drug-likeness (QED) is 0.0348. The van der Waals surface area contributed by atoms with E-state index in [0.29, 0.717) is 98.2 Å². The van der Waals surface area contributed by atoms with Crippen LogP contribution in [0.2, 0.25) is 0 Å². The monoisotopic (exact) mass is 877 g/mol. The zero-order chi connectivity index (χ0) is 51.1. The summed E-state index contributed by atoms with van der Waals surface area (Å²) in [7, 11) is 1.69. The highest BCUT2D eigenvalue weighted by atomic mass is 16.5. The molecule has 2 atom stereocenters. The molecule has 0 aromatic heterocycles. The Morgan fingerprint density at radius 2 is 0.817 bits per heavy atom. The van der Waals surface area contributed by atoms with Gasteiger partial charge in [-0.15, -0.1) is 0 Å². The van der Waals surface area contributed by atoms with Crippen molar-refractivity contribution in [2.75, 3.05) is 119 Å². The Labute approximate surface area is 365 Å². The molecule has 0 saturated carbocycles. The number of carbonyl (C=O) groups is 7. The number of nitrogens with two attached hydrogens (primary N) is 2. The molecule has 21 nitrogen and oxygen atoms in total. The van der Waals surface area contributed by atoms with Crippen LogP contribution in [0, 0.1) is 5.92 Å². The second kappa shape index (κ2) is 43.1. The molecule has 0 aliphatic rings. The summed E-state index contributed by atoms with van der Waals surface area (Å²) in [5.41, 5.74) is 10.5. The van der Waals surface area contributed by atoms with Crippen molar-refractivity contribution in [2.24, 2.45) is 17.4 Å². The predicted octanol–water partition coefficient (Wildman–Crippen LogP) is -0.863. The first-order valence-electron chi connectivity index (χ1n) is 24.0. The molecule has 0 rings (SSSR count). The van der Waals surface area contributed by atoms with Crippen LogP contribution in [0.3, 0.4) is 0 Å². The first kappa shape index (κ1) is 52.1. The summed E-state index contributed by atoms with van der Waals surface area (Å²) in [6.45, 7) is 10.7. The van der Waals surface area contributed by atoms with E-state index < -0.39 is 0 Å². The minimum absolute atomic E-state index is 0.00683. The maximum absolute atomic E-state index is 11.7. The van der Waals surface area contributed by atoms with Gasteiger partial charge in [0.15, 0.2) is 0 Å². The van der Waals surface area contributed by atoms with Gasteiger partial charge in [-0.25, -0.2) is 0 Å². The Kier molecular flexibility index (Phi) is 37.5. The molecule has 7 amide bonds. The number of hydrogen-bond acceptors (Lipinski definition) is 14. The van der Waals surface area contributed by atoms with E-state index >= 15 is 0 Å². The average Bonchev–Trinajstić information content (AvgIpc) is 3.32. The number of unbranched alkanes of at least 4 members (excludes halogenated alkanes) is 2. The molecule has 1 unspecified atom stereocenters. The van der Waals surface area contributed by atoms with Crippen molar-refractivity contribution in [1.82, 2.24) is 31.9 Å². The van der Waals surface area contributed by atoms with Gasteiger partial charge in [-0.3, -0.25) is 33.6 Å². The number of amides is 7. The fourth-order valence-electron chi connectivity index (χ4n) is 4.77. The Morgan fingerprint density at radius 1 is 0.467 bits per heavy atom. The fourth-order valence-corrected chi connectivity index (χ4v) is 4.77. The second-order valence-corrected chi connectivity index (χ2v) is 13.2. The van der Waals surface area contributed by atoms with Gasteiger partial charge in [-0.05, 0) is 45.6 Å². The van der Waals surface area contributed by atoms with Crippen molar-refractivity contribution >= 4 is 41.4 Å². The molecule has 356 valence electrons. The van der Waals surface area contributed by atoms with Crippen molar-refractivity contribution in [2.45, 2.75) is 84.6 Å².